The number of nitrogens with one attached hydrogen (secondary N) is 1. The number of methoxy groups -OCH3 is 2. The summed E-state index contributed by atoms with van der Waals surface area (Å²) in [5.41, 5.74) is 1.33. The van der Waals surface area contributed by atoms with Crippen LogP contribution >= 0.6 is 0 Å². The number of benzene rings is 1. The summed E-state index contributed by atoms with van der Waals surface area (Å²) in [6.45, 7) is 1.08. The molecular formula is C15H23NO2. The second-order valence-corrected chi connectivity index (χ2v) is 4.96. The molecule has 1 aromatic rings. The zero-order valence-electron chi connectivity index (χ0n) is 11.5. The van der Waals surface area contributed by atoms with E-state index < -0.39 is 0 Å². The van der Waals surface area contributed by atoms with Crippen molar-refractivity contribution in [1.29, 1.82) is 0 Å². The quantitative estimate of drug-likeness (QED) is 0.870. The minimum atomic E-state index is 0.610. The summed E-state index contributed by atoms with van der Waals surface area (Å²) in [6.07, 6.45) is 3.88. The van der Waals surface area contributed by atoms with Gasteiger partial charge in [-0.2, -0.15) is 0 Å². The molecule has 1 aromatic carbocycles. The molecule has 1 saturated carbocycles. The third kappa shape index (κ3) is 2.61. The molecular weight excluding hydrogens is 226 g/mol. The number of hydrogen-bond acceptors (Lipinski definition) is 3. The molecule has 3 heteroatoms. The lowest BCUT2D eigenvalue weighted by Crippen LogP contribution is -2.21. The normalized spacial score (nSPS) is 23.1. The molecule has 0 amide bonds. The molecule has 1 N–H and O–H groups in total. The van der Waals surface area contributed by atoms with Gasteiger partial charge < -0.3 is 14.8 Å². The number of rotatable bonds is 5. The van der Waals surface area contributed by atoms with Crippen molar-refractivity contribution >= 4 is 0 Å². The molecule has 2 atom stereocenters. The number of ether oxygens (including phenoxy) is 2. The highest BCUT2D eigenvalue weighted by Crippen LogP contribution is 2.43. The van der Waals surface area contributed by atoms with Crippen molar-refractivity contribution in [1.82, 2.24) is 5.32 Å². The lowest BCUT2D eigenvalue weighted by molar-refractivity contribution is 0.380. The van der Waals surface area contributed by atoms with Gasteiger partial charge >= 0.3 is 0 Å². The standard InChI is InChI=1S/C15H23NO2/c1-16-10-11-5-4-6-13(11)14-8-7-12(17-2)9-15(14)18-3/h7-9,11,13,16H,4-6,10H2,1-3H3. The van der Waals surface area contributed by atoms with Crippen molar-refractivity contribution in [2.24, 2.45) is 5.92 Å². The summed E-state index contributed by atoms with van der Waals surface area (Å²) in [5.74, 6) is 3.15. The van der Waals surface area contributed by atoms with Crippen molar-refractivity contribution < 1.29 is 9.47 Å². The van der Waals surface area contributed by atoms with Gasteiger partial charge in [0, 0.05) is 6.07 Å². The van der Waals surface area contributed by atoms with E-state index in [4.69, 9.17) is 9.47 Å². The molecule has 18 heavy (non-hydrogen) atoms. The van der Waals surface area contributed by atoms with Gasteiger partial charge in [-0.05, 0) is 49.9 Å². The summed E-state index contributed by atoms with van der Waals surface area (Å²) in [4.78, 5) is 0. The van der Waals surface area contributed by atoms with Gasteiger partial charge in [-0.25, -0.2) is 0 Å². The first-order chi connectivity index (χ1) is 8.80. The molecule has 1 aliphatic rings. The van der Waals surface area contributed by atoms with E-state index in [-0.39, 0.29) is 0 Å². The minimum Gasteiger partial charge on any atom is -0.497 e. The monoisotopic (exact) mass is 249 g/mol. The predicted molar refractivity (Wildman–Crippen MR) is 73.6 cm³/mol. The van der Waals surface area contributed by atoms with Crippen LogP contribution in [-0.4, -0.2) is 27.8 Å². The van der Waals surface area contributed by atoms with Gasteiger partial charge in [0.05, 0.1) is 14.2 Å². The Morgan fingerprint density at radius 1 is 1.22 bits per heavy atom. The van der Waals surface area contributed by atoms with E-state index in [9.17, 15) is 0 Å². The van der Waals surface area contributed by atoms with Gasteiger partial charge in [0.15, 0.2) is 0 Å². The molecule has 0 spiro atoms. The fourth-order valence-corrected chi connectivity index (χ4v) is 3.08. The predicted octanol–water partition coefficient (Wildman–Crippen LogP) is 2.81. The average molecular weight is 249 g/mol. The fourth-order valence-electron chi connectivity index (χ4n) is 3.08. The number of hydrogen-bond donors (Lipinski definition) is 1. The Balaban J connectivity index is 2.26. The second-order valence-electron chi connectivity index (χ2n) is 4.96. The Bertz CT molecular complexity index is 392. The van der Waals surface area contributed by atoms with E-state index in [2.05, 4.69) is 11.4 Å². The Kier molecular flexibility index (Phi) is 4.48. The fraction of sp³-hybridized carbons (Fsp3) is 0.600. The van der Waals surface area contributed by atoms with Crippen LogP contribution in [0.5, 0.6) is 11.5 Å². The smallest absolute Gasteiger partial charge is 0.126 e. The highest BCUT2D eigenvalue weighted by molar-refractivity contribution is 5.43. The third-order valence-corrected chi connectivity index (χ3v) is 3.97. The molecule has 0 radical (unpaired) electrons. The van der Waals surface area contributed by atoms with E-state index in [0.29, 0.717) is 5.92 Å². The van der Waals surface area contributed by atoms with Gasteiger partial charge in [0.25, 0.3) is 0 Å². The third-order valence-electron chi connectivity index (χ3n) is 3.97. The summed E-state index contributed by atoms with van der Waals surface area (Å²) >= 11 is 0. The van der Waals surface area contributed by atoms with E-state index in [1.165, 1.54) is 24.8 Å². The lowest BCUT2D eigenvalue weighted by Gasteiger charge is -2.22. The molecule has 0 bridgehead atoms. The Hall–Kier alpha value is -1.22. The maximum Gasteiger partial charge on any atom is 0.126 e. The lowest BCUT2D eigenvalue weighted by atomic mass is 9.88. The van der Waals surface area contributed by atoms with Crippen LogP contribution in [0.2, 0.25) is 0 Å². The highest BCUT2D eigenvalue weighted by Gasteiger charge is 2.30. The van der Waals surface area contributed by atoms with Gasteiger partial charge in [0.1, 0.15) is 11.5 Å². The SMILES string of the molecule is CNCC1CCCC1c1ccc(OC)cc1OC. The highest BCUT2D eigenvalue weighted by atomic mass is 16.5. The van der Waals surface area contributed by atoms with Crippen molar-refractivity contribution in [2.45, 2.75) is 25.2 Å². The van der Waals surface area contributed by atoms with Crippen LogP contribution < -0.4 is 14.8 Å². The Morgan fingerprint density at radius 3 is 2.72 bits per heavy atom. The van der Waals surface area contributed by atoms with E-state index >= 15 is 0 Å². The summed E-state index contributed by atoms with van der Waals surface area (Å²) < 4.78 is 10.8. The Labute approximate surface area is 109 Å². The first-order valence-corrected chi connectivity index (χ1v) is 6.66. The Morgan fingerprint density at radius 2 is 2.06 bits per heavy atom. The largest absolute Gasteiger partial charge is 0.497 e. The molecule has 2 rings (SSSR count). The van der Waals surface area contributed by atoms with Gasteiger partial charge in [-0.15, -0.1) is 0 Å². The summed E-state index contributed by atoms with van der Waals surface area (Å²) in [6, 6.07) is 6.19. The van der Waals surface area contributed by atoms with Crippen LogP contribution in [0, 0.1) is 5.92 Å². The van der Waals surface area contributed by atoms with E-state index in [1.807, 2.05) is 19.2 Å². The van der Waals surface area contributed by atoms with Crippen LogP contribution in [-0.2, 0) is 0 Å². The van der Waals surface area contributed by atoms with Crippen molar-refractivity contribution in [3.05, 3.63) is 23.8 Å². The first-order valence-electron chi connectivity index (χ1n) is 6.66. The summed E-state index contributed by atoms with van der Waals surface area (Å²) in [7, 11) is 5.45. The zero-order chi connectivity index (χ0) is 13.0. The van der Waals surface area contributed by atoms with Crippen molar-refractivity contribution in [2.75, 3.05) is 27.8 Å². The molecule has 1 aliphatic carbocycles. The minimum absolute atomic E-state index is 0.610. The first kappa shape index (κ1) is 13.2. The van der Waals surface area contributed by atoms with Crippen LogP contribution in [0.25, 0.3) is 0 Å². The molecule has 0 heterocycles. The molecule has 0 aromatic heterocycles. The van der Waals surface area contributed by atoms with Gasteiger partial charge in [0.2, 0.25) is 0 Å². The zero-order valence-corrected chi connectivity index (χ0v) is 11.5. The molecule has 0 aliphatic heterocycles. The van der Waals surface area contributed by atoms with Crippen molar-refractivity contribution in [3.8, 4) is 11.5 Å². The molecule has 0 saturated heterocycles. The molecule has 2 unspecified atom stereocenters. The molecule has 1 fully saturated rings. The topological polar surface area (TPSA) is 30.5 Å². The maximum atomic E-state index is 5.53. The van der Waals surface area contributed by atoms with E-state index in [1.54, 1.807) is 14.2 Å². The van der Waals surface area contributed by atoms with E-state index in [0.717, 1.165) is 24.0 Å². The molecule has 3 nitrogen and oxygen atoms in total. The van der Waals surface area contributed by atoms with Gasteiger partial charge in [-0.1, -0.05) is 12.5 Å². The summed E-state index contributed by atoms with van der Waals surface area (Å²) in [5, 5.41) is 3.30. The maximum absolute atomic E-state index is 5.53. The van der Waals surface area contributed by atoms with Crippen LogP contribution in [0.4, 0.5) is 0 Å². The average Bonchev–Trinajstić information content (AvgIpc) is 2.86. The van der Waals surface area contributed by atoms with Gasteiger partial charge in [-0.3, -0.25) is 0 Å². The van der Waals surface area contributed by atoms with Crippen LogP contribution in [0.15, 0.2) is 18.2 Å². The molecule has 100 valence electrons. The van der Waals surface area contributed by atoms with Crippen LogP contribution in [0.1, 0.15) is 30.7 Å². The second kappa shape index (κ2) is 6.10. The van der Waals surface area contributed by atoms with Crippen LogP contribution in [0.3, 0.4) is 0 Å². The van der Waals surface area contributed by atoms with Crippen molar-refractivity contribution in [3.63, 3.8) is 0 Å².